The van der Waals surface area contributed by atoms with Crippen LogP contribution >= 0.6 is 12.4 Å². The molecule has 4 rings (SSSR count). The number of carbonyl (C=O) groups is 1. The van der Waals surface area contributed by atoms with Gasteiger partial charge in [-0.3, -0.25) is 4.79 Å². The van der Waals surface area contributed by atoms with E-state index in [9.17, 15) is 4.79 Å². The lowest BCUT2D eigenvalue weighted by atomic mass is 9.88. The van der Waals surface area contributed by atoms with Crippen LogP contribution in [0.3, 0.4) is 0 Å². The van der Waals surface area contributed by atoms with E-state index in [-0.39, 0.29) is 30.3 Å². The number of carbonyl (C=O) groups excluding carboxylic acids is 1. The summed E-state index contributed by atoms with van der Waals surface area (Å²) >= 11 is 0. The van der Waals surface area contributed by atoms with Gasteiger partial charge in [-0.2, -0.15) is 0 Å². The number of likely N-dealkylation sites (tertiary alicyclic amines) is 1. The summed E-state index contributed by atoms with van der Waals surface area (Å²) < 4.78 is 6.05. The minimum absolute atomic E-state index is 0. The monoisotopic (exact) mass is 400 g/mol. The molecule has 0 aliphatic carbocycles. The normalized spacial score (nSPS) is 27.2. The highest BCUT2D eigenvalue weighted by Gasteiger charge is 2.41. The van der Waals surface area contributed by atoms with Crippen LogP contribution in [0.25, 0.3) is 0 Å². The largest absolute Gasteiger partial charge is 0.373 e. The van der Waals surface area contributed by atoms with Crippen LogP contribution in [0.5, 0.6) is 0 Å². The molecule has 0 radical (unpaired) electrons. The second-order valence-corrected chi connectivity index (χ2v) is 7.71. The number of hydrogen-bond donors (Lipinski definition) is 1. The lowest BCUT2D eigenvalue weighted by Crippen LogP contribution is -2.40. The first-order valence-electron chi connectivity index (χ1n) is 9.98. The van der Waals surface area contributed by atoms with Crippen LogP contribution in [0, 0.1) is 11.8 Å². The fourth-order valence-corrected chi connectivity index (χ4v) is 4.61. The van der Waals surface area contributed by atoms with Crippen molar-refractivity contribution in [3.8, 4) is 0 Å². The Morgan fingerprint density at radius 3 is 2.29 bits per heavy atom. The first-order chi connectivity index (χ1) is 13.3. The molecule has 4 atom stereocenters. The first-order valence-corrected chi connectivity index (χ1v) is 9.98. The van der Waals surface area contributed by atoms with Crippen LogP contribution in [0.2, 0.25) is 0 Å². The molecule has 28 heavy (non-hydrogen) atoms. The Morgan fingerprint density at radius 1 is 1.00 bits per heavy atom. The molecule has 2 aromatic rings. The predicted octanol–water partition coefficient (Wildman–Crippen LogP) is 3.78. The van der Waals surface area contributed by atoms with Crippen molar-refractivity contribution in [1.29, 1.82) is 0 Å². The summed E-state index contributed by atoms with van der Waals surface area (Å²) in [7, 11) is 0. The van der Waals surface area contributed by atoms with E-state index in [2.05, 4.69) is 36.4 Å². The van der Waals surface area contributed by atoms with Crippen molar-refractivity contribution < 1.29 is 9.53 Å². The van der Waals surface area contributed by atoms with Crippen molar-refractivity contribution in [2.75, 3.05) is 26.2 Å². The van der Waals surface area contributed by atoms with Gasteiger partial charge in [0.15, 0.2) is 0 Å². The number of nitrogens with zero attached hydrogens (tertiary/aromatic N) is 1. The SMILES string of the molecule is Cl.NC[C@@H]1CN(C(=O)C2CCCOC2c2ccccc2)C[C@H]1c1ccccc1. The molecule has 2 unspecified atom stereocenters. The third kappa shape index (κ3) is 4.24. The number of ether oxygens (including phenoxy) is 1. The number of benzene rings is 2. The van der Waals surface area contributed by atoms with Gasteiger partial charge < -0.3 is 15.4 Å². The molecule has 2 aromatic carbocycles. The summed E-state index contributed by atoms with van der Waals surface area (Å²) in [4.78, 5) is 15.5. The maximum absolute atomic E-state index is 13.4. The zero-order valence-electron chi connectivity index (χ0n) is 16.1. The minimum Gasteiger partial charge on any atom is -0.373 e. The van der Waals surface area contributed by atoms with E-state index in [4.69, 9.17) is 10.5 Å². The number of rotatable bonds is 4. The van der Waals surface area contributed by atoms with Crippen molar-refractivity contribution in [2.24, 2.45) is 17.6 Å². The highest BCUT2D eigenvalue weighted by Crippen LogP contribution is 2.38. The molecule has 5 heteroatoms. The molecular weight excluding hydrogens is 372 g/mol. The Labute approximate surface area is 173 Å². The molecule has 2 heterocycles. The molecule has 0 bridgehead atoms. The second kappa shape index (κ2) is 9.55. The molecule has 0 aromatic heterocycles. The number of halogens is 1. The Hall–Kier alpha value is -1.88. The maximum atomic E-state index is 13.4. The maximum Gasteiger partial charge on any atom is 0.228 e. The van der Waals surface area contributed by atoms with Crippen LogP contribution in [-0.2, 0) is 9.53 Å². The van der Waals surface area contributed by atoms with Gasteiger partial charge in [-0.15, -0.1) is 12.4 Å². The van der Waals surface area contributed by atoms with Gasteiger partial charge in [0.2, 0.25) is 5.91 Å². The molecule has 2 aliphatic heterocycles. The van der Waals surface area contributed by atoms with Crippen LogP contribution in [0.15, 0.2) is 60.7 Å². The smallest absolute Gasteiger partial charge is 0.228 e. The van der Waals surface area contributed by atoms with Crippen LogP contribution < -0.4 is 5.73 Å². The van der Waals surface area contributed by atoms with Gasteiger partial charge in [-0.1, -0.05) is 60.7 Å². The van der Waals surface area contributed by atoms with Crippen LogP contribution in [-0.4, -0.2) is 37.0 Å². The van der Waals surface area contributed by atoms with E-state index in [1.807, 2.05) is 29.2 Å². The van der Waals surface area contributed by atoms with Gasteiger partial charge in [0, 0.05) is 25.6 Å². The summed E-state index contributed by atoms with van der Waals surface area (Å²) in [6.07, 6.45) is 1.69. The molecule has 1 amide bonds. The highest BCUT2D eigenvalue weighted by molar-refractivity contribution is 5.85. The van der Waals surface area contributed by atoms with Gasteiger partial charge in [0.1, 0.15) is 0 Å². The molecule has 2 fully saturated rings. The average Bonchev–Trinajstić information content (AvgIpc) is 3.19. The third-order valence-corrected chi connectivity index (χ3v) is 6.05. The van der Waals surface area contributed by atoms with E-state index in [1.165, 1.54) is 5.56 Å². The summed E-state index contributed by atoms with van der Waals surface area (Å²) in [6.45, 7) is 2.82. The number of amides is 1. The van der Waals surface area contributed by atoms with Crippen molar-refractivity contribution in [3.05, 3.63) is 71.8 Å². The van der Waals surface area contributed by atoms with E-state index >= 15 is 0 Å². The van der Waals surface area contributed by atoms with E-state index in [1.54, 1.807) is 0 Å². The predicted molar refractivity (Wildman–Crippen MR) is 113 cm³/mol. The lowest BCUT2D eigenvalue weighted by molar-refractivity contribution is -0.144. The van der Waals surface area contributed by atoms with Crippen molar-refractivity contribution >= 4 is 18.3 Å². The van der Waals surface area contributed by atoms with Crippen molar-refractivity contribution in [2.45, 2.75) is 24.9 Å². The Kier molecular flexibility index (Phi) is 7.11. The van der Waals surface area contributed by atoms with E-state index < -0.39 is 0 Å². The van der Waals surface area contributed by atoms with Gasteiger partial charge in [0.05, 0.1) is 12.0 Å². The Bertz CT molecular complexity index is 756. The standard InChI is InChI=1S/C23H28N2O2.ClH/c24-14-19-15-25(16-21(19)17-8-3-1-4-9-17)23(26)20-12-7-13-27-22(20)18-10-5-2-6-11-18;/h1-6,8-11,19-22H,7,12-16,24H2;1H/t19-,20?,21+,22?;/m1./s1. The average molecular weight is 401 g/mol. The molecule has 2 N–H and O–H groups in total. The Morgan fingerprint density at radius 2 is 1.64 bits per heavy atom. The van der Waals surface area contributed by atoms with Crippen LogP contribution in [0.4, 0.5) is 0 Å². The molecular formula is C23H29ClN2O2. The zero-order chi connectivity index (χ0) is 18.6. The van der Waals surface area contributed by atoms with Crippen LogP contribution in [0.1, 0.15) is 36.0 Å². The molecule has 0 saturated carbocycles. The van der Waals surface area contributed by atoms with Crippen molar-refractivity contribution in [1.82, 2.24) is 4.90 Å². The second-order valence-electron chi connectivity index (χ2n) is 7.71. The fraction of sp³-hybridized carbons (Fsp3) is 0.435. The zero-order valence-corrected chi connectivity index (χ0v) is 16.9. The molecule has 2 saturated heterocycles. The third-order valence-electron chi connectivity index (χ3n) is 6.05. The summed E-state index contributed by atoms with van der Waals surface area (Å²) in [5, 5.41) is 0. The van der Waals surface area contributed by atoms with Crippen molar-refractivity contribution in [3.63, 3.8) is 0 Å². The van der Waals surface area contributed by atoms with Gasteiger partial charge >= 0.3 is 0 Å². The topological polar surface area (TPSA) is 55.6 Å². The lowest BCUT2D eigenvalue weighted by Gasteiger charge is -2.34. The van der Waals surface area contributed by atoms with E-state index in [0.717, 1.165) is 38.1 Å². The molecule has 2 aliphatic rings. The minimum atomic E-state index is -0.139. The summed E-state index contributed by atoms with van der Waals surface area (Å²) in [6, 6.07) is 20.6. The molecule has 150 valence electrons. The summed E-state index contributed by atoms with van der Waals surface area (Å²) in [5.41, 5.74) is 8.44. The number of hydrogen-bond acceptors (Lipinski definition) is 3. The first kappa shape index (κ1) is 20.8. The quantitative estimate of drug-likeness (QED) is 0.849. The van der Waals surface area contributed by atoms with E-state index in [0.29, 0.717) is 18.4 Å². The highest BCUT2D eigenvalue weighted by atomic mass is 35.5. The Balaban J connectivity index is 0.00000225. The molecule has 4 nitrogen and oxygen atoms in total. The fourth-order valence-electron chi connectivity index (χ4n) is 4.61. The summed E-state index contributed by atoms with van der Waals surface area (Å²) in [5.74, 6) is 0.755. The van der Waals surface area contributed by atoms with Gasteiger partial charge in [0.25, 0.3) is 0 Å². The molecule has 0 spiro atoms. The number of nitrogens with two attached hydrogens (primary N) is 1. The van der Waals surface area contributed by atoms with Gasteiger partial charge in [-0.05, 0) is 36.4 Å². The van der Waals surface area contributed by atoms with Gasteiger partial charge in [-0.25, -0.2) is 0 Å².